The summed E-state index contributed by atoms with van der Waals surface area (Å²) in [5, 5.41) is 5.26. The summed E-state index contributed by atoms with van der Waals surface area (Å²) in [6.45, 7) is 3.99. The Kier molecular flexibility index (Phi) is 4.39. The van der Waals surface area contributed by atoms with Crippen LogP contribution in [0.1, 0.15) is 32.6 Å². The van der Waals surface area contributed by atoms with Crippen LogP contribution in [0.15, 0.2) is 23.7 Å². The van der Waals surface area contributed by atoms with E-state index in [1.807, 2.05) is 13.1 Å². The minimum absolute atomic E-state index is 0.181. The first-order valence-corrected chi connectivity index (χ1v) is 8.52. The smallest absolute Gasteiger partial charge is 0.220 e. The molecule has 4 nitrogen and oxygen atoms in total. The molecule has 0 bridgehead atoms. The first-order valence-electron chi connectivity index (χ1n) is 7.64. The molecule has 112 valence electrons. The van der Waals surface area contributed by atoms with Crippen molar-refractivity contribution < 1.29 is 4.79 Å². The molecule has 0 aromatic carbocycles. The molecule has 0 spiro atoms. The lowest BCUT2D eigenvalue weighted by Crippen LogP contribution is -2.47. The van der Waals surface area contributed by atoms with E-state index in [1.54, 1.807) is 11.3 Å². The van der Waals surface area contributed by atoms with Gasteiger partial charge in [-0.3, -0.25) is 9.78 Å². The lowest BCUT2D eigenvalue weighted by Gasteiger charge is -2.35. The summed E-state index contributed by atoms with van der Waals surface area (Å²) in [5.41, 5.74) is 2.32. The molecule has 3 heterocycles. The predicted molar refractivity (Wildman–Crippen MR) is 87.9 cm³/mol. The third kappa shape index (κ3) is 3.18. The number of nitrogens with zero attached hydrogens (tertiary/aromatic N) is 2. The second-order valence-electron chi connectivity index (χ2n) is 5.57. The molecule has 1 amide bonds. The van der Waals surface area contributed by atoms with Crippen LogP contribution in [0.2, 0.25) is 0 Å². The van der Waals surface area contributed by atoms with E-state index in [4.69, 9.17) is 0 Å². The fourth-order valence-electron chi connectivity index (χ4n) is 2.95. The second-order valence-corrected chi connectivity index (χ2v) is 6.48. The van der Waals surface area contributed by atoms with Crippen LogP contribution in [-0.2, 0) is 4.79 Å². The van der Waals surface area contributed by atoms with Crippen molar-refractivity contribution >= 4 is 33.1 Å². The maximum absolute atomic E-state index is 11.8. The zero-order chi connectivity index (χ0) is 14.7. The molecule has 0 aliphatic carbocycles. The number of rotatable bonds is 4. The van der Waals surface area contributed by atoms with Gasteiger partial charge in [-0.25, -0.2) is 0 Å². The van der Waals surface area contributed by atoms with Crippen molar-refractivity contribution in [3.05, 3.63) is 23.7 Å². The van der Waals surface area contributed by atoms with Gasteiger partial charge in [0.25, 0.3) is 0 Å². The summed E-state index contributed by atoms with van der Waals surface area (Å²) >= 11 is 1.74. The molecule has 1 atom stereocenters. The Labute approximate surface area is 129 Å². The molecule has 1 N–H and O–H groups in total. The van der Waals surface area contributed by atoms with Gasteiger partial charge in [-0.05, 0) is 36.8 Å². The van der Waals surface area contributed by atoms with E-state index in [0.29, 0.717) is 6.42 Å². The molecule has 1 aliphatic rings. The van der Waals surface area contributed by atoms with Gasteiger partial charge in [0.15, 0.2) is 0 Å². The number of anilines is 1. The highest BCUT2D eigenvalue weighted by Crippen LogP contribution is 2.31. The van der Waals surface area contributed by atoms with E-state index in [2.05, 4.69) is 32.7 Å². The summed E-state index contributed by atoms with van der Waals surface area (Å²) < 4.78 is 1.25. The highest BCUT2D eigenvalue weighted by Gasteiger charge is 2.22. The molecular formula is C16H21N3OS. The molecule has 1 saturated heterocycles. The zero-order valence-corrected chi connectivity index (χ0v) is 13.2. The first kappa shape index (κ1) is 14.3. The highest BCUT2D eigenvalue weighted by molar-refractivity contribution is 7.17. The van der Waals surface area contributed by atoms with Crippen LogP contribution >= 0.6 is 11.3 Å². The van der Waals surface area contributed by atoms with Crippen molar-refractivity contribution in [3.63, 3.8) is 0 Å². The van der Waals surface area contributed by atoms with Crippen LogP contribution in [0.3, 0.4) is 0 Å². The summed E-state index contributed by atoms with van der Waals surface area (Å²) in [6.07, 6.45) is 5.60. The van der Waals surface area contributed by atoms with Crippen molar-refractivity contribution in [1.82, 2.24) is 10.3 Å². The maximum atomic E-state index is 11.8. The summed E-state index contributed by atoms with van der Waals surface area (Å²) in [7, 11) is 0. The topological polar surface area (TPSA) is 45.2 Å². The summed E-state index contributed by atoms with van der Waals surface area (Å²) in [4.78, 5) is 18.6. The minimum Gasteiger partial charge on any atom is -0.368 e. The lowest BCUT2D eigenvalue weighted by atomic mass is 10.0. The maximum Gasteiger partial charge on any atom is 0.220 e. The molecule has 3 rings (SSSR count). The average molecular weight is 303 g/mol. The lowest BCUT2D eigenvalue weighted by molar-refractivity contribution is -0.121. The normalized spacial score (nSPS) is 18.9. The van der Waals surface area contributed by atoms with Crippen LogP contribution < -0.4 is 10.2 Å². The van der Waals surface area contributed by atoms with Crippen LogP contribution in [0, 0.1) is 0 Å². The third-order valence-corrected chi connectivity index (χ3v) is 4.85. The number of fused-ring (bicyclic) bond motifs is 1. The van der Waals surface area contributed by atoms with E-state index in [-0.39, 0.29) is 11.9 Å². The van der Waals surface area contributed by atoms with Gasteiger partial charge < -0.3 is 10.2 Å². The Bertz CT molecular complexity index is 625. The Morgan fingerprint density at radius 3 is 3.29 bits per heavy atom. The first-order chi connectivity index (χ1) is 10.3. The van der Waals surface area contributed by atoms with Gasteiger partial charge in [0.2, 0.25) is 5.91 Å². The van der Waals surface area contributed by atoms with Crippen LogP contribution in [0.4, 0.5) is 5.69 Å². The molecule has 1 aliphatic heterocycles. The number of carbonyl (C=O) groups is 1. The minimum atomic E-state index is 0.181. The Morgan fingerprint density at radius 1 is 1.52 bits per heavy atom. The van der Waals surface area contributed by atoms with Crippen molar-refractivity contribution in [3.8, 4) is 0 Å². The van der Waals surface area contributed by atoms with E-state index >= 15 is 0 Å². The number of hydrogen-bond donors (Lipinski definition) is 1. The molecular weight excluding hydrogens is 282 g/mol. The summed E-state index contributed by atoms with van der Waals surface area (Å²) in [6, 6.07) is 4.42. The number of aromatic nitrogens is 1. The molecule has 2 aromatic heterocycles. The van der Waals surface area contributed by atoms with Gasteiger partial charge in [0.05, 0.1) is 15.9 Å². The molecule has 1 fully saturated rings. The summed E-state index contributed by atoms with van der Waals surface area (Å²) in [5.74, 6) is 0.181. The number of nitrogens with one attached hydrogen (secondary N) is 1. The van der Waals surface area contributed by atoms with Crippen LogP contribution in [0.5, 0.6) is 0 Å². The van der Waals surface area contributed by atoms with Crippen LogP contribution in [0.25, 0.3) is 10.2 Å². The highest BCUT2D eigenvalue weighted by atomic mass is 32.1. The van der Waals surface area contributed by atoms with Crippen molar-refractivity contribution in [2.75, 3.05) is 18.0 Å². The molecule has 2 aromatic rings. The van der Waals surface area contributed by atoms with Gasteiger partial charge in [-0.1, -0.05) is 6.92 Å². The molecule has 0 saturated carbocycles. The van der Waals surface area contributed by atoms with Crippen molar-refractivity contribution in [2.24, 2.45) is 0 Å². The monoisotopic (exact) mass is 303 g/mol. The average Bonchev–Trinajstić information content (AvgIpc) is 2.96. The fourth-order valence-corrected chi connectivity index (χ4v) is 3.84. The van der Waals surface area contributed by atoms with Gasteiger partial charge in [0, 0.05) is 31.7 Å². The third-order valence-electron chi connectivity index (χ3n) is 3.93. The molecule has 5 heteroatoms. The van der Waals surface area contributed by atoms with E-state index in [0.717, 1.165) is 37.9 Å². The number of carbonyl (C=O) groups excluding carboxylic acids is 1. The zero-order valence-electron chi connectivity index (χ0n) is 12.3. The number of pyridine rings is 1. The van der Waals surface area contributed by atoms with Gasteiger partial charge in [0.1, 0.15) is 0 Å². The standard InChI is InChI=1S/C16H21N3OS/c1-2-4-15(20)18-12-5-3-9-19(11-12)14-6-8-17-13-7-10-21-16(13)14/h6-8,10,12H,2-5,9,11H2,1H3,(H,18,20). The number of piperidine rings is 1. The molecule has 0 radical (unpaired) electrons. The largest absolute Gasteiger partial charge is 0.368 e. The number of amides is 1. The SMILES string of the molecule is CCCC(=O)NC1CCCN(c2ccnc3ccsc23)C1. The van der Waals surface area contributed by atoms with Crippen LogP contribution in [-0.4, -0.2) is 30.0 Å². The Balaban J connectivity index is 1.74. The van der Waals surface area contributed by atoms with E-state index in [1.165, 1.54) is 10.4 Å². The Morgan fingerprint density at radius 2 is 2.43 bits per heavy atom. The van der Waals surface area contributed by atoms with E-state index in [9.17, 15) is 4.79 Å². The second kappa shape index (κ2) is 6.43. The quantitative estimate of drug-likeness (QED) is 0.943. The Hall–Kier alpha value is -1.62. The van der Waals surface area contributed by atoms with Gasteiger partial charge in [-0.2, -0.15) is 0 Å². The number of hydrogen-bond acceptors (Lipinski definition) is 4. The van der Waals surface area contributed by atoms with Crippen molar-refractivity contribution in [1.29, 1.82) is 0 Å². The van der Waals surface area contributed by atoms with E-state index < -0.39 is 0 Å². The molecule has 21 heavy (non-hydrogen) atoms. The fraction of sp³-hybridized carbons (Fsp3) is 0.500. The van der Waals surface area contributed by atoms with Crippen molar-refractivity contribution in [2.45, 2.75) is 38.6 Å². The number of thiophene rings is 1. The van der Waals surface area contributed by atoms with Gasteiger partial charge in [-0.15, -0.1) is 11.3 Å². The predicted octanol–water partition coefficient (Wildman–Crippen LogP) is 3.18. The van der Waals surface area contributed by atoms with Gasteiger partial charge >= 0.3 is 0 Å². The molecule has 1 unspecified atom stereocenters.